The standard InChI is InChI=1S/C23H27ClN8O4S/c1-15(19(36-3)20-25-11-16(24)12-26-20)37(33,34)30-22-29-28-21(32(22)23(14-35-2)8-6-9-23)17-13-27-31-10-5-4-7-18(17)31/h4-5,7,10-13,15,19H,6,8-9,14H2,1-3H3,(H,29,30). The van der Waals surface area contributed by atoms with Gasteiger partial charge in [0.25, 0.3) is 0 Å². The van der Waals surface area contributed by atoms with E-state index in [1.54, 1.807) is 17.8 Å². The molecule has 0 aliphatic heterocycles. The van der Waals surface area contributed by atoms with E-state index in [0.29, 0.717) is 17.5 Å². The van der Waals surface area contributed by atoms with E-state index in [4.69, 9.17) is 21.1 Å². The van der Waals surface area contributed by atoms with Crippen LogP contribution >= 0.6 is 11.6 Å². The summed E-state index contributed by atoms with van der Waals surface area (Å²) in [5.74, 6) is 0.807. The van der Waals surface area contributed by atoms with Crippen molar-refractivity contribution in [2.75, 3.05) is 25.5 Å². The monoisotopic (exact) mass is 546 g/mol. The number of aromatic nitrogens is 7. The molecule has 14 heteroatoms. The zero-order valence-electron chi connectivity index (χ0n) is 20.6. The largest absolute Gasteiger partial charge is 0.382 e. The highest BCUT2D eigenvalue weighted by molar-refractivity contribution is 7.93. The highest BCUT2D eigenvalue weighted by Gasteiger charge is 2.44. The maximum Gasteiger partial charge on any atom is 0.240 e. The number of halogens is 1. The van der Waals surface area contributed by atoms with E-state index >= 15 is 0 Å². The predicted octanol–water partition coefficient (Wildman–Crippen LogP) is 3.08. The van der Waals surface area contributed by atoms with Crippen molar-refractivity contribution in [3.8, 4) is 11.4 Å². The highest BCUT2D eigenvalue weighted by Crippen LogP contribution is 2.44. The average molecular weight is 547 g/mol. The molecule has 2 unspecified atom stereocenters. The van der Waals surface area contributed by atoms with Crippen molar-refractivity contribution >= 4 is 33.1 Å². The molecule has 5 rings (SSSR count). The van der Waals surface area contributed by atoms with E-state index in [0.717, 1.165) is 30.3 Å². The Kier molecular flexibility index (Phi) is 6.88. The first-order valence-electron chi connectivity index (χ1n) is 11.7. The van der Waals surface area contributed by atoms with Crippen LogP contribution in [0.1, 0.15) is 38.1 Å². The minimum atomic E-state index is -4.04. The molecule has 12 nitrogen and oxygen atoms in total. The molecule has 2 atom stereocenters. The number of methoxy groups -OCH3 is 2. The Labute approximate surface area is 219 Å². The van der Waals surface area contributed by atoms with Crippen LogP contribution in [0.5, 0.6) is 0 Å². The number of nitrogens with zero attached hydrogens (tertiary/aromatic N) is 7. The molecule has 1 aliphatic rings. The Morgan fingerprint density at radius 1 is 1.16 bits per heavy atom. The molecule has 37 heavy (non-hydrogen) atoms. The fourth-order valence-corrected chi connectivity index (χ4v) is 5.95. The minimum absolute atomic E-state index is 0.0979. The molecule has 0 saturated heterocycles. The third-order valence-electron chi connectivity index (χ3n) is 6.80. The maximum absolute atomic E-state index is 13.6. The van der Waals surface area contributed by atoms with Gasteiger partial charge in [0.05, 0.1) is 34.4 Å². The number of ether oxygens (including phenoxy) is 2. The van der Waals surface area contributed by atoms with Crippen molar-refractivity contribution in [3.05, 3.63) is 53.8 Å². The van der Waals surface area contributed by atoms with Crippen molar-refractivity contribution in [1.82, 2.24) is 34.3 Å². The van der Waals surface area contributed by atoms with Crippen LogP contribution in [-0.4, -0.2) is 68.8 Å². The van der Waals surface area contributed by atoms with Gasteiger partial charge in [-0.1, -0.05) is 17.7 Å². The molecule has 0 amide bonds. The van der Waals surface area contributed by atoms with Gasteiger partial charge in [0.1, 0.15) is 11.4 Å². The van der Waals surface area contributed by atoms with Crippen molar-refractivity contribution in [2.45, 2.75) is 43.1 Å². The molecule has 1 saturated carbocycles. The topological polar surface area (TPSA) is 138 Å². The van der Waals surface area contributed by atoms with Gasteiger partial charge in [-0.3, -0.25) is 9.29 Å². The van der Waals surface area contributed by atoms with E-state index in [-0.39, 0.29) is 11.8 Å². The molecule has 0 bridgehead atoms. The van der Waals surface area contributed by atoms with E-state index in [1.165, 1.54) is 26.4 Å². The van der Waals surface area contributed by atoms with Gasteiger partial charge < -0.3 is 9.47 Å². The van der Waals surface area contributed by atoms with Gasteiger partial charge in [-0.05, 0) is 38.3 Å². The molecule has 0 spiro atoms. The van der Waals surface area contributed by atoms with Crippen molar-refractivity contribution in [1.29, 1.82) is 0 Å². The van der Waals surface area contributed by atoms with Crippen LogP contribution in [0.2, 0.25) is 5.02 Å². The lowest BCUT2D eigenvalue weighted by molar-refractivity contribution is 0.0299. The summed E-state index contributed by atoms with van der Waals surface area (Å²) in [6.45, 7) is 1.90. The second kappa shape index (κ2) is 9.97. The number of rotatable bonds is 10. The van der Waals surface area contributed by atoms with Gasteiger partial charge in [0.2, 0.25) is 16.0 Å². The number of anilines is 1. The van der Waals surface area contributed by atoms with Crippen LogP contribution in [0.3, 0.4) is 0 Å². The van der Waals surface area contributed by atoms with Crippen LogP contribution in [0, 0.1) is 0 Å². The van der Waals surface area contributed by atoms with E-state index in [2.05, 4.69) is 30.0 Å². The summed E-state index contributed by atoms with van der Waals surface area (Å²) in [7, 11) is -1.00. The maximum atomic E-state index is 13.6. The van der Waals surface area contributed by atoms with Crippen LogP contribution < -0.4 is 4.72 Å². The van der Waals surface area contributed by atoms with Crippen molar-refractivity contribution < 1.29 is 17.9 Å². The summed E-state index contributed by atoms with van der Waals surface area (Å²) in [4.78, 5) is 8.28. The summed E-state index contributed by atoms with van der Waals surface area (Å²) in [5, 5.41) is 12.4. The smallest absolute Gasteiger partial charge is 0.240 e. The van der Waals surface area contributed by atoms with Crippen LogP contribution in [0.25, 0.3) is 16.9 Å². The van der Waals surface area contributed by atoms with Crippen LogP contribution in [-0.2, 0) is 25.0 Å². The molecule has 1 fully saturated rings. The third-order valence-corrected chi connectivity index (χ3v) is 8.69. The normalized spacial score (nSPS) is 16.9. The summed E-state index contributed by atoms with van der Waals surface area (Å²) < 4.78 is 44.5. The fourth-order valence-electron chi connectivity index (χ4n) is 4.73. The number of hydrogen-bond donors (Lipinski definition) is 1. The molecule has 1 aliphatic carbocycles. The number of nitrogens with one attached hydrogen (secondary N) is 1. The van der Waals surface area contributed by atoms with Gasteiger partial charge in [-0.2, -0.15) is 5.10 Å². The Hall–Kier alpha value is -3.13. The molecular weight excluding hydrogens is 520 g/mol. The molecule has 0 aromatic carbocycles. The first kappa shape index (κ1) is 25.5. The number of hydrogen-bond acceptors (Lipinski definition) is 9. The second-order valence-corrected chi connectivity index (χ2v) is 11.5. The predicted molar refractivity (Wildman–Crippen MR) is 137 cm³/mol. The Morgan fingerprint density at radius 2 is 1.92 bits per heavy atom. The molecule has 4 heterocycles. The molecular formula is C23H27ClN8O4S. The number of pyridine rings is 1. The third kappa shape index (κ3) is 4.56. The summed E-state index contributed by atoms with van der Waals surface area (Å²) in [6.07, 6.45) is 7.93. The van der Waals surface area contributed by atoms with Gasteiger partial charge in [0, 0.05) is 32.8 Å². The lowest BCUT2D eigenvalue weighted by atomic mass is 9.77. The quantitative estimate of drug-likeness (QED) is 0.318. The molecule has 4 aromatic rings. The molecule has 4 aromatic heterocycles. The Bertz CT molecular complexity index is 1500. The Morgan fingerprint density at radius 3 is 2.57 bits per heavy atom. The lowest BCUT2D eigenvalue weighted by Gasteiger charge is -2.43. The van der Waals surface area contributed by atoms with Crippen LogP contribution in [0.4, 0.5) is 5.95 Å². The highest BCUT2D eigenvalue weighted by atomic mass is 35.5. The number of fused-ring (bicyclic) bond motifs is 1. The van der Waals surface area contributed by atoms with Gasteiger partial charge in [-0.15, -0.1) is 10.2 Å². The average Bonchev–Trinajstić information content (AvgIpc) is 3.47. The van der Waals surface area contributed by atoms with E-state index in [9.17, 15) is 8.42 Å². The minimum Gasteiger partial charge on any atom is -0.382 e. The Balaban J connectivity index is 1.56. The first-order valence-corrected chi connectivity index (χ1v) is 13.6. The zero-order chi connectivity index (χ0) is 26.2. The van der Waals surface area contributed by atoms with Crippen molar-refractivity contribution in [3.63, 3.8) is 0 Å². The fraction of sp³-hybridized carbons (Fsp3) is 0.435. The van der Waals surface area contributed by atoms with Gasteiger partial charge >= 0.3 is 0 Å². The SMILES string of the molecule is COCC1(n2c(NS(=O)(=O)C(C)C(OC)c3ncc(Cl)cn3)nnc2-c2cnn3ccccc23)CCC1. The molecule has 0 radical (unpaired) electrons. The number of sulfonamides is 1. The first-order chi connectivity index (χ1) is 17.8. The van der Waals surface area contributed by atoms with Gasteiger partial charge in [0.15, 0.2) is 11.6 Å². The van der Waals surface area contributed by atoms with Gasteiger partial charge in [-0.25, -0.2) is 22.9 Å². The second-order valence-electron chi connectivity index (χ2n) is 9.05. The summed E-state index contributed by atoms with van der Waals surface area (Å²) in [6, 6.07) is 5.71. The summed E-state index contributed by atoms with van der Waals surface area (Å²) in [5.41, 5.74) is 1.06. The van der Waals surface area contributed by atoms with E-state index in [1.807, 2.05) is 29.0 Å². The van der Waals surface area contributed by atoms with E-state index < -0.39 is 26.9 Å². The van der Waals surface area contributed by atoms with Crippen molar-refractivity contribution in [2.24, 2.45) is 0 Å². The molecule has 196 valence electrons. The van der Waals surface area contributed by atoms with Crippen LogP contribution in [0.15, 0.2) is 43.0 Å². The summed E-state index contributed by atoms with van der Waals surface area (Å²) >= 11 is 5.89. The molecule has 1 N–H and O–H groups in total. The zero-order valence-corrected chi connectivity index (χ0v) is 22.1. The lowest BCUT2D eigenvalue weighted by Crippen LogP contribution is -2.46.